The van der Waals surface area contributed by atoms with Crippen molar-refractivity contribution in [3.05, 3.63) is 175 Å². The molecule has 0 saturated heterocycles. The normalized spacial score (nSPS) is 12.0. The summed E-state index contributed by atoms with van der Waals surface area (Å²) in [5, 5.41) is 4.73. The van der Waals surface area contributed by atoms with Gasteiger partial charge in [-0.25, -0.2) is 4.99 Å². The van der Waals surface area contributed by atoms with Gasteiger partial charge < -0.3 is 8.98 Å². The van der Waals surface area contributed by atoms with Crippen molar-refractivity contribution in [2.45, 2.75) is 6.54 Å². The van der Waals surface area contributed by atoms with Crippen molar-refractivity contribution >= 4 is 56.3 Å². The van der Waals surface area contributed by atoms with Crippen LogP contribution in [0.1, 0.15) is 11.1 Å². The van der Waals surface area contributed by atoms with Crippen LogP contribution in [0.25, 0.3) is 71.7 Å². The van der Waals surface area contributed by atoms with Crippen LogP contribution in [-0.4, -0.2) is 17.1 Å². The lowest BCUT2D eigenvalue weighted by Gasteiger charge is -2.12. The van der Waals surface area contributed by atoms with Crippen molar-refractivity contribution in [1.82, 2.24) is 4.57 Å². The fourth-order valence-electron chi connectivity index (χ4n) is 7.05. The zero-order chi connectivity index (χ0) is 32.7. The van der Waals surface area contributed by atoms with Crippen molar-refractivity contribution < 1.29 is 4.42 Å². The van der Waals surface area contributed by atoms with Crippen molar-refractivity contribution in [2.75, 3.05) is 0 Å². The number of hydrogen-bond acceptors (Lipinski definition) is 2. The highest BCUT2D eigenvalue weighted by Crippen LogP contribution is 2.37. The van der Waals surface area contributed by atoms with Crippen molar-refractivity contribution in [3.63, 3.8) is 0 Å². The van der Waals surface area contributed by atoms with Crippen LogP contribution in [0.3, 0.4) is 0 Å². The summed E-state index contributed by atoms with van der Waals surface area (Å²) in [6.07, 6.45) is 0. The van der Waals surface area contributed by atoms with Gasteiger partial charge in [0.25, 0.3) is 0 Å². The summed E-state index contributed by atoms with van der Waals surface area (Å²) in [7, 11) is 0. The molecular formula is C45H31N3O. The number of nitrogens with zero attached hydrogens (tertiary/aromatic N) is 3. The fraction of sp³-hybridized carbons (Fsp3) is 0.0222. The van der Waals surface area contributed by atoms with Crippen molar-refractivity contribution in [1.29, 1.82) is 0 Å². The Morgan fingerprint density at radius 3 is 2.00 bits per heavy atom. The lowest BCUT2D eigenvalue weighted by atomic mass is 9.99. The van der Waals surface area contributed by atoms with Crippen LogP contribution >= 0.6 is 0 Å². The van der Waals surface area contributed by atoms with Gasteiger partial charge in [-0.2, -0.15) is 0 Å². The number of aliphatic imine (C=N–C) groups is 2. The zero-order valence-electron chi connectivity index (χ0n) is 26.8. The molecule has 0 bridgehead atoms. The molecule has 0 radical (unpaired) electrons. The van der Waals surface area contributed by atoms with Gasteiger partial charge >= 0.3 is 0 Å². The van der Waals surface area contributed by atoms with E-state index in [9.17, 15) is 0 Å². The molecule has 0 fully saturated rings. The molecule has 0 unspecified atom stereocenters. The summed E-state index contributed by atoms with van der Waals surface area (Å²) in [5.74, 6) is 0.649. The number of para-hydroxylation sites is 2. The van der Waals surface area contributed by atoms with Gasteiger partial charge in [0.05, 0.1) is 17.6 Å². The summed E-state index contributed by atoms with van der Waals surface area (Å²) in [6.45, 7) is 4.27. The predicted octanol–water partition coefficient (Wildman–Crippen LogP) is 11.7. The van der Waals surface area contributed by atoms with E-state index in [0.717, 1.165) is 49.9 Å². The molecule has 0 amide bonds. The second-order valence-electron chi connectivity index (χ2n) is 12.3. The topological polar surface area (TPSA) is 42.8 Å². The summed E-state index contributed by atoms with van der Waals surface area (Å²) in [5.41, 5.74) is 12.0. The van der Waals surface area contributed by atoms with Gasteiger partial charge in [-0.05, 0) is 83.1 Å². The van der Waals surface area contributed by atoms with Gasteiger partial charge in [-0.1, -0.05) is 115 Å². The Morgan fingerprint density at radius 2 is 1.16 bits per heavy atom. The number of furan rings is 1. The van der Waals surface area contributed by atoms with Crippen molar-refractivity contribution in [3.8, 4) is 27.9 Å². The Kier molecular flexibility index (Phi) is 6.98. The Bertz CT molecular complexity index is 2700. The number of benzene rings is 7. The van der Waals surface area contributed by atoms with E-state index in [4.69, 9.17) is 9.41 Å². The predicted molar refractivity (Wildman–Crippen MR) is 205 cm³/mol. The van der Waals surface area contributed by atoms with E-state index < -0.39 is 0 Å². The molecule has 9 rings (SSSR count). The Labute approximate surface area is 283 Å². The lowest BCUT2D eigenvalue weighted by Crippen LogP contribution is -1.98. The average molecular weight is 630 g/mol. The van der Waals surface area contributed by atoms with E-state index in [-0.39, 0.29) is 0 Å². The van der Waals surface area contributed by atoms with Gasteiger partial charge in [0.2, 0.25) is 0 Å². The monoisotopic (exact) mass is 629 g/mol. The van der Waals surface area contributed by atoms with Gasteiger partial charge in [0.1, 0.15) is 11.2 Å². The third kappa shape index (κ3) is 5.02. The van der Waals surface area contributed by atoms with E-state index in [1.807, 2.05) is 42.5 Å². The van der Waals surface area contributed by atoms with Crippen LogP contribution < -0.4 is 0 Å². The van der Waals surface area contributed by atoms with Crippen LogP contribution in [0.4, 0.5) is 0 Å². The van der Waals surface area contributed by atoms with Gasteiger partial charge in [0, 0.05) is 32.8 Å². The molecule has 0 N–H and O–H groups in total. The van der Waals surface area contributed by atoms with E-state index >= 15 is 0 Å². The second-order valence-corrected chi connectivity index (χ2v) is 12.3. The van der Waals surface area contributed by atoms with Crippen LogP contribution in [0.5, 0.6) is 0 Å². The molecule has 7 aromatic carbocycles. The lowest BCUT2D eigenvalue weighted by molar-refractivity contribution is 0.669. The van der Waals surface area contributed by atoms with Crippen LogP contribution in [0.15, 0.2) is 178 Å². The van der Waals surface area contributed by atoms with E-state index in [1.165, 1.54) is 32.9 Å². The maximum Gasteiger partial charge on any atom is 0.154 e. The molecule has 0 atom stereocenters. The first-order valence-electron chi connectivity index (χ1n) is 16.5. The number of amidine groups is 1. The number of hydrogen-bond donors (Lipinski definition) is 0. The van der Waals surface area contributed by atoms with Gasteiger partial charge in [-0.15, -0.1) is 0 Å². The highest BCUT2D eigenvalue weighted by molar-refractivity contribution is 6.11. The number of fused-ring (bicyclic) bond motifs is 6. The van der Waals surface area contributed by atoms with Crippen molar-refractivity contribution in [2.24, 2.45) is 9.98 Å². The van der Waals surface area contributed by atoms with Crippen LogP contribution in [0, 0.1) is 0 Å². The molecule has 4 heteroatoms. The quantitative estimate of drug-likeness (QED) is 0.133. The molecule has 2 aromatic heterocycles. The molecule has 49 heavy (non-hydrogen) atoms. The molecule has 2 heterocycles. The molecule has 4 nitrogen and oxygen atoms in total. The molecule has 0 aliphatic carbocycles. The molecule has 232 valence electrons. The first kappa shape index (κ1) is 28.7. The second kappa shape index (κ2) is 11.9. The smallest absolute Gasteiger partial charge is 0.154 e. The average Bonchev–Trinajstić information content (AvgIpc) is 3.71. The number of rotatable bonds is 6. The molecule has 0 spiro atoms. The van der Waals surface area contributed by atoms with Gasteiger partial charge in [-0.3, -0.25) is 4.99 Å². The minimum atomic E-state index is 0.514. The third-order valence-electron chi connectivity index (χ3n) is 9.42. The van der Waals surface area contributed by atoms with Gasteiger partial charge in [0.15, 0.2) is 5.84 Å². The Balaban J connectivity index is 1.09. The van der Waals surface area contributed by atoms with E-state index in [1.54, 1.807) is 0 Å². The Hall–Kier alpha value is -6.52. The minimum absolute atomic E-state index is 0.514. The summed E-state index contributed by atoms with van der Waals surface area (Å²) >= 11 is 0. The molecule has 0 aliphatic heterocycles. The first-order chi connectivity index (χ1) is 24.2. The highest BCUT2D eigenvalue weighted by Gasteiger charge is 2.15. The molecule has 0 saturated carbocycles. The third-order valence-corrected chi connectivity index (χ3v) is 9.42. The summed E-state index contributed by atoms with van der Waals surface area (Å²) in [4.78, 5) is 9.03. The maximum absolute atomic E-state index is 6.09. The zero-order valence-corrected chi connectivity index (χ0v) is 26.8. The standard InChI is InChI=1S/C45H31N3O/c1-46-45(31-11-3-2-4-12-31)47-29-34-13-5-6-14-36(34)30-19-23-35(24-20-30)48-41-17-9-7-15-37(41)39-27-32(21-25-42(39)48)33-22-26-44-40(28-33)38-16-8-10-18-43(38)49-44/h2-28H,1,29H2. The molecule has 9 aromatic rings. The van der Waals surface area contributed by atoms with E-state index in [2.05, 4.69) is 138 Å². The SMILES string of the molecule is C=NC(=NCc1ccccc1-c1ccc(-n2c3ccccc3c3cc(-c4ccc5oc6ccccc6c5c4)ccc32)cc1)c1ccccc1. The first-order valence-corrected chi connectivity index (χ1v) is 16.5. The van der Waals surface area contributed by atoms with Crippen LogP contribution in [-0.2, 0) is 6.54 Å². The minimum Gasteiger partial charge on any atom is -0.456 e. The Morgan fingerprint density at radius 1 is 0.531 bits per heavy atom. The fourth-order valence-corrected chi connectivity index (χ4v) is 7.05. The molecular weight excluding hydrogens is 599 g/mol. The molecule has 0 aliphatic rings. The van der Waals surface area contributed by atoms with E-state index in [0.29, 0.717) is 12.4 Å². The van der Waals surface area contributed by atoms with Crippen LogP contribution in [0.2, 0.25) is 0 Å². The number of aromatic nitrogens is 1. The summed E-state index contributed by atoms with van der Waals surface area (Å²) in [6, 6.07) is 57.5. The summed E-state index contributed by atoms with van der Waals surface area (Å²) < 4.78 is 8.46. The largest absolute Gasteiger partial charge is 0.456 e. The highest BCUT2D eigenvalue weighted by atomic mass is 16.3. The maximum atomic E-state index is 6.09.